The number of allylic oxidation sites excluding steroid dienone is 4. The molecule has 0 aromatic rings. The molecule has 0 aromatic carbocycles. The van der Waals surface area contributed by atoms with Gasteiger partial charge in [-0.2, -0.15) is 0 Å². The fourth-order valence-electron chi connectivity index (χ4n) is 1.48. The summed E-state index contributed by atoms with van der Waals surface area (Å²) in [5.41, 5.74) is 0. The van der Waals surface area contributed by atoms with E-state index in [0.717, 1.165) is 12.8 Å². The lowest BCUT2D eigenvalue weighted by molar-refractivity contribution is 0.123. The first kappa shape index (κ1) is 9.53. The average Bonchev–Trinajstić information content (AvgIpc) is 2.06. The van der Waals surface area contributed by atoms with Gasteiger partial charge < -0.3 is 5.11 Å². The number of rotatable bonds is 3. The Bertz CT molecular complexity index is 179. The Morgan fingerprint density at radius 1 is 1.42 bits per heavy atom. The van der Waals surface area contributed by atoms with Gasteiger partial charge in [-0.25, -0.2) is 0 Å². The Morgan fingerprint density at radius 3 is 2.67 bits per heavy atom. The van der Waals surface area contributed by atoms with Gasteiger partial charge in [0.15, 0.2) is 0 Å². The second-order valence-corrected chi connectivity index (χ2v) is 3.76. The van der Waals surface area contributed by atoms with Gasteiger partial charge in [-0.05, 0) is 31.6 Å². The topological polar surface area (TPSA) is 20.2 Å². The van der Waals surface area contributed by atoms with Crippen LogP contribution in [0.5, 0.6) is 0 Å². The van der Waals surface area contributed by atoms with Crippen molar-refractivity contribution in [2.24, 2.45) is 11.8 Å². The molecule has 3 atom stereocenters. The number of aliphatic hydroxyl groups excluding tert-OH is 1. The first-order valence-electron chi connectivity index (χ1n) is 4.71. The van der Waals surface area contributed by atoms with Gasteiger partial charge in [0.2, 0.25) is 0 Å². The van der Waals surface area contributed by atoms with Gasteiger partial charge in [0.05, 0.1) is 6.10 Å². The summed E-state index contributed by atoms with van der Waals surface area (Å²) in [4.78, 5) is 0. The van der Waals surface area contributed by atoms with Crippen LogP contribution in [0.1, 0.15) is 26.7 Å². The fraction of sp³-hybridized carbons (Fsp3) is 0.636. The first-order chi connectivity index (χ1) is 5.70. The zero-order valence-electron chi connectivity index (χ0n) is 7.90. The van der Waals surface area contributed by atoms with E-state index < -0.39 is 0 Å². The molecule has 0 bridgehead atoms. The summed E-state index contributed by atoms with van der Waals surface area (Å²) in [5, 5.41) is 9.31. The van der Waals surface area contributed by atoms with Crippen molar-refractivity contribution in [3.8, 4) is 0 Å². The van der Waals surface area contributed by atoms with Crippen molar-refractivity contribution in [3.63, 3.8) is 0 Å². The highest BCUT2D eigenvalue weighted by molar-refractivity contribution is 5.10. The van der Waals surface area contributed by atoms with Gasteiger partial charge in [-0.3, -0.25) is 0 Å². The van der Waals surface area contributed by atoms with Crippen LogP contribution >= 0.6 is 0 Å². The molecule has 1 nitrogen and oxygen atoms in total. The van der Waals surface area contributed by atoms with Crippen LogP contribution in [0.4, 0.5) is 0 Å². The Labute approximate surface area is 74.8 Å². The number of hydrogen-bond acceptors (Lipinski definition) is 1. The molecule has 0 heterocycles. The zero-order chi connectivity index (χ0) is 8.97. The quantitative estimate of drug-likeness (QED) is 0.683. The molecule has 1 heteroatoms. The summed E-state index contributed by atoms with van der Waals surface area (Å²) in [6.07, 6.45) is 10.7. The highest BCUT2D eigenvalue weighted by Crippen LogP contribution is 2.22. The van der Waals surface area contributed by atoms with E-state index >= 15 is 0 Å². The molecule has 0 spiro atoms. The van der Waals surface area contributed by atoms with E-state index in [1.165, 1.54) is 0 Å². The molecular weight excluding hydrogens is 148 g/mol. The first-order valence-corrected chi connectivity index (χ1v) is 4.71. The van der Waals surface area contributed by atoms with Crippen LogP contribution in [0.25, 0.3) is 0 Å². The summed E-state index contributed by atoms with van der Waals surface area (Å²) < 4.78 is 0. The molecule has 12 heavy (non-hydrogen) atoms. The minimum absolute atomic E-state index is 0.177. The monoisotopic (exact) mass is 166 g/mol. The lowest BCUT2D eigenvalue weighted by Gasteiger charge is -2.20. The van der Waals surface area contributed by atoms with Gasteiger partial charge in [0, 0.05) is 0 Å². The normalized spacial score (nSPS) is 27.1. The second-order valence-electron chi connectivity index (χ2n) is 3.76. The second kappa shape index (κ2) is 4.46. The molecule has 0 saturated carbocycles. The van der Waals surface area contributed by atoms with E-state index in [9.17, 15) is 5.11 Å². The molecule has 0 radical (unpaired) electrons. The Hall–Kier alpha value is -0.560. The van der Waals surface area contributed by atoms with Crippen LogP contribution in [-0.2, 0) is 0 Å². The van der Waals surface area contributed by atoms with E-state index in [2.05, 4.69) is 31.2 Å². The summed E-state index contributed by atoms with van der Waals surface area (Å²) >= 11 is 0. The van der Waals surface area contributed by atoms with Crippen LogP contribution in [0.15, 0.2) is 24.3 Å². The van der Waals surface area contributed by atoms with Crippen LogP contribution in [0.3, 0.4) is 0 Å². The third-order valence-electron chi connectivity index (χ3n) is 2.57. The van der Waals surface area contributed by atoms with Crippen LogP contribution in [-0.4, -0.2) is 11.2 Å². The number of aliphatic hydroxyl groups is 1. The molecule has 1 aliphatic rings. The molecule has 2 unspecified atom stereocenters. The van der Waals surface area contributed by atoms with Crippen molar-refractivity contribution >= 4 is 0 Å². The lowest BCUT2D eigenvalue weighted by Crippen LogP contribution is -2.16. The van der Waals surface area contributed by atoms with E-state index in [0.29, 0.717) is 11.8 Å². The van der Waals surface area contributed by atoms with Crippen LogP contribution < -0.4 is 0 Å². The number of hydrogen-bond donors (Lipinski definition) is 1. The van der Waals surface area contributed by atoms with Crippen molar-refractivity contribution in [2.45, 2.75) is 32.8 Å². The molecule has 0 saturated heterocycles. The van der Waals surface area contributed by atoms with E-state index in [1.54, 1.807) is 0 Å². The predicted octanol–water partition coefficient (Wildman–Crippen LogP) is 2.53. The third kappa shape index (κ3) is 2.82. The van der Waals surface area contributed by atoms with Crippen molar-refractivity contribution in [1.82, 2.24) is 0 Å². The predicted molar refractivity (Wildman–Crippen MR) is 51.8 cm³/mol. The third-order valence-corrected chi connectivity index (χ3v) is 2.57. The van der Waals surface area contributed by atoms with Crippen molar-refractivity contribution in [3.05, 3.63) is 24.3 Å². The van der Waals surface area contributed by atoms with E-state index in [4.69, 9.17) is 0 Å². The minimum Gasteiger partial charge on any atom is -0.393 e. The fourth-order valence-corrected chi connectivity index (χ4v) is 1.48. The highest BCUT2D eigenvalue weighted by atomic mass is 16.3. The summed E-state index contributed by atoms with van der Waals surface area (Å²) in [5.74, 6) is 1.05. The molecule has 1 rings (SSSR count). The smallest absolute Gasteiger partial charge is 0.0537 e. The Kier molecular flexibility index (Phi) is 3.54. The average molecular weight is 166 g/mol. The summed E-state index contributed by atoms with van der Waals surface area (Å²) in [6.45, 7) is 3.98. The van der Waals surface area contributed by atoms with Crippen molar-refractivity contribution in [2.75, 3.05) is 0 Å². The molecule has 68 valence electrons. The molecular formula is C11H18O. The van der Waals surface area contributed by atoms with Gasteiger partial charge >= 0.3 is 0 Å². The Balaban J connectivity index is 2.31. The largest absolute Gasteiger partial charge is 0.393 e. The Morgan fingerprint density at radius 2 is 2.17 bits per heavy atom. The molecule has 0 amide bonds. The SMILES string of the molecule is CC(O)[C@H](C)CC1C=CC=CC1. The molecule has 1 aliphatic carbocycles. The van der Waals surface area contributed by atoms with Gasteiger partial charge in [0.25, 0.3) is 0 Å². The molecule has 0 fully saturated rings. The van der Waals surface area contributed by atoms with Gasteiger partial charge in [-0.15, -0.1) is 0 Å². The van der Waals surface area contributed by atoms with Crippen molar-refractivity contribution < 1.29 is 5.11 Å². The maximum Gasteiger partial charge on any atom is 0.0537 e. The molecule has 1 N–H and O–H groups in total. The van der Waals surface area contributed by atoms with Crippen molar-refractivity contribution in [1.29, 1.82) is 0 Å². The van der Waals surface area contributed by atoms with Gasteiger partial charge in [-0.1, -0.05) is 31.2 Å². The van der Waals surface area contributed by atoms with Crippen LogP contribution in [0.2, 0.25) is 0 Å². The van der Waals surface area contributed by atoms with Gasteiger partial charge in [0.1, 0.15) is 0 Å². The zero-order valence-corrected chi connectivity index (χ0v) is 7.90. The molecule has 0 aliphatic heterocycles. The maximum atomic E-state index is 9.31. The van der Waals surface area contributed by atoms with Crippen LogP contribution in [0, 0.1) is 11.8 Å². The minimum atomic E-state index is -0.177. The lowest BCUT2D eigenvalue weighted by atomic mass is 9.88. The van der Waals surface area contributed by atoms with E-state index in [1.807, 2.05) is 6.92 Å². The van der Waals surface area contributed by atoms with E-state index in [-0.39, 0.29) is 6.10 Å². The standard InChI is InChI=1S/C11H18O/c1-9(10(2)12)8-11-6-4-3-5-7-11/h3-6,9-12H,7-8H2,1-2H3/t9-,10?,11?/m1/s1. The maximum absolute atomic E-state index is 9.31. The summed E-state index contributed by atoms with van der Waals surface area (Å²) in [7, 11) is 0. The summed E-state index contributed by atoms with van der Waals surface area (Å²) in [6, 6.07) is 0. The molecule has 0 aromatic heterocycles. The highest BCUT2D eigenvalue weighted by Gasteiger charge is 2.14.